The Balaban J connectivity index is 1.53. The van der Waals surface area contributed by atoms with Gasteiger partial charge in [-0.15, -0.1) is 0 Å². The van der Waals surface area contributed by atoms with Crippen molar-refractivity contribution in [2.75, 3.05) is 0 Å². The molecule has 4 aromatic rings. The normalized spacial score (nSPS) is 11.6. The van der Waals surface area contributed by atoms with Crippen LogP contribution in [0.15, 0.2) is 73.1 Å². The third-order valence-electron chi connectivity index (χ3n) is 4.65. The summed E-state index contributed by atoms with van der Waals surface area (Å²) in [6.07, 6.45) is 12.1. The minimum absolute atomic E-state index is 0.968. The molecule has 0 unspecified atom stereocenters. The highest BCUT2D eigenvalue weighted by molar-refractivity contribution is 5.88. The molecule has 2 aromatic carbocycles. The van der Waals surface area contributed by atoms with E-state index in [2.05, 4.69) is 70.7 Å². The quantitative estimate of drug-likeness (QED) is 0.409. The summed E-state index contributed by atoms with van der Waals surface area (Å²) >= 11 is 0. The van der Waals surface area contributed by atoms with E-state index in [9.17, 15) is 0 Å². The van der Waals surface area contributed by atoms with Gasteiger partial charge in [-0.3, -0.25) is 9.97 Å². The van der Waals surface area contributed by atoms with Crippen LogP contribution in [0.2, 0.25) is 0 Å². The van der Waals surface area contributed by atoms with Crippen molar-refractivity contribution < 1.29 is 0 Å². The molecule has 0 atom stereocenters. The molecule has 0 bridgehead atoms. The number of aromatic nitrogens is 2. The van der Waals surface area contributed by atoms with E-state index in [1.165, 1.54) is 33.0 Å². The van der Waals surface area contributed by atoms with Gasteiger partial charge in [0.25, 0.3) is 0 Å². The van der Waals surface area contributed by atoms with Crippen LogP contribution in [-0.2, 0) is 0 Å². The maximum atomic E-state index is 4.42. The summed E-state index contributed by atoms with van der Waals surface area (Å²) in [5.41, 5.74) is 6.62. The highest BCUT2D eigenvalue weighted by Gasteiger charge is 1.97. The third kappa shape index (κ3) is 4.41. The summed E-state index contributed by atoms with van der Waals surface area (Å²) in [6.45, 7) is 4.09. The van der Waals surface area contributed by atoms with Crippen LogP contribution in [0.3, 0.4) is 0 Å². The molecule has 2 heterocycles. The van der Waals surface area contributed by atoms with Gasteiger partial charge in [0.1, 0.15) is 0 Å². The first-order valence-corrected chi connectivity index (χ1v) is 9.41. The van der Waals surface area contributed by atoms with Gasteiger partial charge in [0.2, 0.25) is 0 Å². The van der Waals surface area contributed by atoms with E-state index in [0.29, 0.717) is 0 Å². The smallest absolute Gasteiger partial charge is 0.0630 e. The van der Waals surface area contributed by atoms with Crippen LogP contribution in [0.1, 0.15) is 33.6 Å². The van der Waals surface area contributed by atoms with Gasteiger partial charge in [-0.25, -0.2) is 0 Å². The minimum Gasteiger partial charge on any atom is -0.257 e. The first-order chi connectivity index (χ1) is 13.7. The molecule has 0 fully saturated rings. The van der Waals surface area contributed by atoms with Crippen molar-refractivity contribution in [1.82, 2.24) is 9.97 Å². The Morgan fingerprint density at radius 2 is 1.00 bits per heavy atom. The number of nitrogens with zero attached hydrogens (tertiary/aromatic N) is 2. The van der Waals surface area contributed by atoms with Gasteiger partial charge >= 0.3 is 0 Å². The second-order valence-corrected chi connectivity index (χ2v) is 7.05. The standard InChI is InChI=1S/C26H22N2/c1-19-3-11-25(27-17-19)13-7-21-5-9-24-16-22(6-10-23(24)15-21)8-14-26-12-4-20(2)18-28-26/h3-18H,1-2H3. The van der Waals surface area contributed by atoms with Crippen molar-refractivity contribution in [3.05, 3.63) is 107 Å². The lowest BCUT2D eigenvalue weighted by molar-refractivity contribution is 1.25. The Kier molecular flexibility index (Phi) is 5.11. The molecule has 0 aliphatic heterocycles. The first kappa shape index (κ1) is 17.9. The third-order valence-corrected chi connectivity index (χ3v) is 4.65. The van der Waals surface area contributed by atoms with Crippen LogP contribution in [0.25, 0.3) is 35.1 Å². The van der Waals surface area contributed by atoms with E-state index in [1.807, 2.05) is 50.5 Å². The lowest BCUT2D eigenvalue weighted by atomic mass is 10.0. The molecule has 0 saturated carbocycles. The van der Waals surface area contributed by atoms with Crippen molar-refractivity contribution >= 4 is 35.1 Å². The minimum atomic E-state index is 0.968. The van der Waals surface area contributed by atoms with Gasteiger partial charge in [0.15, 0.2) is 0 Å². The SMILES string of the molecule is Cc1ccc(C=Cc2ccc3cc(C=Cc4ccc(C)cn4)ccc3c2)nc1. The molecular weight excluding hydrogens is 340 g/mol. The fraction of sp³-hybridized carbons (Fsp3) is 0.0769. The summed E-state index contributed by atoms with van der Waals surface area (Å²) in [6, 6.07) is 21.2. The van der Waals surface area contributed by atoms with Crippen molar-refractivity contribution in [3.63, 3.8) is 0 Å². The molecule has 0 saturated heterocycles. The maximum absolute atomic E-state index is 4.42. The zero-order chi connectivity index (χ0) is 19.3. The Labute approximate surface area is 165 Å². The predicted octanol–water partition coefficient (Wildman–Crippen LogP) is 6.59. The molecule has 28 heavy (non-hydrogen) atoms. The van der Waals surface area contributed by atoms with E-state index >= 15 is 0 Å². The predicted molar refractivity (Wildman–Crippen MR) is 120 cm³/mol. The highest BCUT2D eigenvalue weighted by Crippen LogP contribution is 2.20. The second kappa shape index (κ2) is 8.01. The Morgan fingerprint density at radius 3 is 1.39 bits per heavy atom. The number of benzene rings is 2. The number of rotatable bonds is 4. The lowest BCUT2D eigenvalue weighted by Gasteiger charge is -2.02. The van der Waals surface area contributed by atoms with Crippen LogP contribution in [0.5, 0.6) is 0 Å². The molecule has 2 aromatic heterocycles. The van der Waals surface area contributed by atoms with Crippen LogP contribution < -0.4 is 0 Å². The Hall–Kier alpha value is -3.52. The summed E-state index contributed by atoms with van der Waals surface area (Å²) in [5.74, 6) is 0. The second-order valence-electron chi connectivity index (χ2n) is 7.05. The molecule has 4 rings (SSSR count). The average Bonchev–Trinajstić information content (AvgIpc) is 2.73. The summed E-state index contributed by atoms with van der Waals surface area (Å²) in [5, 5.41) is 2.45. The molecule has 0 N–H and O–H groups in total. The topological polar surface area (TPSA) is 25.8 Å². The number of aryl methyl sites for hydroxylation is 2. The fourth-order valence-corrected chi connectivity index (χ4v) is 3.01. The Bertz CT molecular complexity index is 1060. The molecule has 0 aliphatic rings. The number of pyridine rings is 2. The van der Waals surface area contributed by atoms with Crippen LogP contribution >= 0.6 is 0 Å². The van der Waals surface area contributed by atoms with E-state index in [4.69, 9.17) is 0 Å². The number of hydrogen-bond acceptors (Lipinski definition) is 2. The number of fused-ring (bicyclic) bond motifs is 1. The van der Waals surface area contributed by atoms with Gasteiger partial charge in [-0.05, 0) is 83.3 Å². The number of hydrogen-bond donors (Lipinski definition) is 0. The fourth-order valence-electron chi connectivity index (χ4n) is 3.01. The molecule has 136 valence electrons. The van der Waals surface area contributed by atoms with E-state index in [0.717, 1.165) is 11.4 Å². The average molecular weight is 362 g/mol. The summed E-state index contributed by atoms with van der Waals surface area (Å²) in [4.78, 5) is 8.84. The van der Waals surface area contributed by atoms with Gasteiger partial charge in [0, 0.05) is 12.4 Å². The molecule has 0 amide bonds. The lowest BCUT2D eigenvalue weighted by Crippen LogP contribution is -1.82. The largest absolute Gasteiger partial charge is 0.257 e. The van der Waals surface area contributed by atoms with Gasteiger partial charge in [-0.1, -0.05) is 48.6 Å². The van der Waals surface area contributed by atoms with Gasteiger partial charge in [-0.2, -0.15) is 0 Å². The van der Waals surface area contributed by atoms with Crippen molar-refractivity contribution in [2.24, 2.45) is 0 Å². The van der Waals surface area contributed by atoms with Crippen molar-refractivity contribution in [3.8, 4) is 0 Å². The molecule has 2 nitrogen and oxygen atoms in total. The van der Waals surface area contributed by atoms with Gasteiger partial charge < -0.3 is 0 Å². The van der Waals surface area contributed by atoms with E-state index < -0.39 is 0 Å². The molecular formula is C26H22N2. The molecule has 2 heteroatoms. The summed E-state index contributed by atoms with van der Waals surface area (Å²) in [7, 11) is 0. The summed E-state index contributed by atoms with van der Waals surface area (Å²) < 4.78 is 0. The van der Waals surface area contributed by atoms with E-state index in [-0.39, 0.29) is 0 Å². The van der Waals surface area contributed by atoms with Crippen LogP contribution in [-0.4, -0.2) is 9.97 Å². The first-order valence-electron chi connectivity index (χ1n) is 9.41. The van der Waals surface area contributed by atoms with Crippen LogP contribution in [0, 0.1) is 13.8 Å². The molecule has 0 radical (unpaired) electrons. The van der Waals surface area contributed by atoms with Crippen molar-refractivity contribution in [2.45, 2.75) is 13.8 Å². The van der Waals surface area contributed by atoms with E-state index in [1.54, 1.807) is 0 Å². The van der Waals surface area contributed by atoms with Gasteiger partial charge in [0.05, 0.1) is 11.4 Å². The monoisotopic (exact) mass is 362 g/mol. The van der Waals surface area contributed by atoms with Crippen LogP contribution in [0.4, 0.5) is 0 Å². The zero-order valence-electron chi connectivity index (χ0n) is 16.1. The zero-order valence-corrected chi connectivity index (χ0v) is 16.1. The molecule has 0 aliphatic carbocycles. The maximum Gasteiger partial charge on any atom is 0.0630 e. The van der Waals surface area contributed by atoms with Crippen molar-refractivity contribution in [1.29, 1.82) is 0 Å². The highest BCUT2D eigenvalue weighted by atomic mass is 14.7. The Morgan fingerprint density at radius 1 is 0.536 bits per heavy atom. The molecule has 0 spiro atoms.